The van der Waals surface area contributed by atoms with Crippen LogP contribution in [0, 0.1) is 32.6 Å². The summed E-state index contributed by atoms with van der Waals surface area (Å²) < 4.78 is 58.0. The molecule has 0 saturated heterocycles. The van der Waals surface area contributed by atoms with Gasteiger partial charge in [-0.1, -0.05) is 130 Å². The molecular formula is C80H107N17O18S2Si3. The standard InChI is InChI=1S/C80H107N17O18S2Si3/c1-20-43(3)58(65(100)90-59(44(4)21-2)73-86-54(40-112-73)70-85-53(39-111-70)69-84-52(38-110-69)68-83-51(37-109-68)64(99)91-60(45(5)98)66(101)82-50(36-49-26-23-22-24-27-49)77(103)106-30-33-118(11,12)13)89-67(102)61-46(6)115-74(92-61)62-47(7)113-71(93-62)56-42-117-76(88-56)63-48(8)114-72(94-63)55-41-116-75(87-55)57(97(9)10)28-25-29-81-78(95-79(104)107-31-34-119(14,15)16)96-80(105)108-32-35-120(17,18)19/h22-24,26-27,37-45,50,57-60,98H,20-21,25,28-36H2,1-19H3,(H,82,101)(H,89,102)(H,90,100)(H,91,99)(H2,81,95,96,104,105)/t43-,44-,45-,50-,57-,58-,59-,60-/m0/s1. The SMILES string of the molecule is CC[C@H](C)[C@H](NC(=O)c1nc(-c2nc(-c3csc(-c4nc(-c5csc([C@H](CCCN/C(=N\C(=O)OCC[Si](C)(C)C)NC(=O)OCC[Si](C)(C)C)N(C)C)n5)oc4C)n3)oc2C)oc1C)C(=O)N[C@H](c1nc(-c2nc(-c3nc(-c4nc(C(=O)N[C@H](C(=O)N[C@@H](Cc5ccccc5)C(=O)OCC[Si](C)(C)C)[C@H](C)O)co4)co3)co2)co1)[C@@H](C)CC. The Balaban J connectivity index is 0.739. The maximum atomic E-state index is 14.6. The number of thiazole rings is 2. The Morgan fingerprint density at radius 2 is 1.11 bits per heavy atom. The number of hydrogen-bond acceptors (Lipinski definition) is 30. The van der Waals surface area contributed by atoms with Crippen LogP contribution in [0.2, 0.25) is 77.1 Å². The number of hydrogen-bond donors (Lipinski definition) is 7. The van der Waals surface area contributed by atoms with Crippen LogP contribution >= 0.6 is 22.7 Å². The summed E-state index contributed by atoms with van der Waals surface area (Å²) in [6.45, 7) is 34.6. The predicted molar refractivity (Wildman–Crippen MR) is 455 cm³/mol. The van der Waals surface area contributed by atoms with Gasteiger partial charge in [-0.25, -0.2) is 59.2 Å². The molecule has 0 fully saturated rings. The molecule has 0 aliphatic rings. The fourth-order valence-electron chi connectivity index (χ4n) is 11.8. The molecule has 1 aromatic carbocycles. The zero-order valence-corrected chi connectivity index (χ0v) is 75.7. The van der Waals surface area contributed by atoms with Crippen molar-refractivity contribution in [3.8, 4) is 80.2 Å². The number of ether oxygens (including phenoxy) is 3. The van der Waals surface area contributed by atoms with Crippen LogP contribution in [0.1, 0.15) is 127 Å². The topological polar surface area (TPSA) is 463 Å². The quantitative estimate of drug-likeness (QED) is 0.00470. The van der Waals surface area contributed by atoms with Crippen molar-refractivity contribution in [2.24, 2.45) is 16.8 Å². The molecule has 7 N–H and O–H groups in total. The Labute approximate surface area is 705 Å². The van der Waals surface area contributed by atoms with Crippen molar-refractivity contribution in [1.29, 1.82) is 0 Å². The molecule has 0 aliphatic heterocycles. The van der Waals surface area contributed by atoms with E-state index in [0.717, 1.165) is 35.0 Å². The molecule has 8 atom stereocenters. The summed E-state index contributed by atoms with van der Waals surface area (Å²) in [6, 6.07) is 6.71. The lowest BCUT2D eigenvalue weighted by atomic mass is 9.95. The molecule has 10 rings (SSSR count). The van der Waals surface area contributed by atoms with Crippen molar-refractivity contribution in [3.05, 3.63) is 111 Å². The average molecular weight is 1740 g/mol. The van der Waals surface area contributed by atoms with E-state index >= 15 is 0 Å². The third-order valence-corrected chi connectivity index (χ3v) is 26.3. The summed E-state index contributed by atoms with van der Waals surface area (Å²) in [4.78, 5) is 143. The number of carbonyl (C=O) groups is 7. The van der Waals surface area contributed by atoms with E-state index in [1.54, 1.807) is 38.3 Å². The van der Waals surface area contributed by atoms with Gasteiger partial charge < -0.3 is 81.7 Å². The van der Waals surface area contributed by atoms with Crippen LogP contribution in [0.25, 0.3) is 80.2 Å². The normalized spacial score (nSPS) is 14.2. The molecule has 6 amide bonds. The maximum Gasteiger partial charge on any atom is 0.436 e. The van der Waals surface area contributed by atoms with E-state index in [1.165, 1.54) is 48.4 Å². The summed E-state index contributed by atoms with van der Waals surface area (Å²) in [6.07, 6.45) is 4.38. The number of aliphatic hydroxyl groups excluding tert-OH is 1. The number of benzene rings is 1. The minimum Gasteiger partial charge on any atom is -0.464 e. The second-order valence-corrected chi connectivity index (χ2v) is 51.8. The minimum atomic E-state index is -1.55. The van der Waals surface area contributed by atoms with Gasteiger partial charge in [0.05, 0.1) is 32.0 Å². The summed E-state index contributed by atoms with van der Waals surface area (Å²) in [7, 11) is -0.560. The zero-order chi connectivity index (χ0) is 87.1. The molecular weight excluding hydrogens is 1640 g/mol. The number of aliphatic hydroxyl groups is 1. The molecule has 0 bridgehead atoms. The van der Waals surface area contributed by atoms with Crippen molar-refractivity contribution < 1.29 is 83.8 Å². The van der Waals surface area contributed by atoms with Crippen molar-refractivity contribution in [3.63, 3.8) is 0 Å². The fraction of sp³-hybridized carbons (Fsp3) is 0.487. The predicted octanol–water partition coefficient (Wildman–Crippen LogP) is 14.1. The van der Waals surface area contributed by atoms with Crippen LogP contribution < -0.4 is 31.9 Å². The maximum absolute atomic E-state index is 14.6. The lowest BCUT2D eigenvalue weighted by Crippen LogP contribution is -2.56. The van der Waals surface area contributed by atoms with Gasteiger partial charge in [-0.3, -0.25) is 24.5 Å². The summed E-state index contributed by atoms with van der Waals surface area (Å²) >= 11 is 2.78. The van der Waals surface area contributed by atoms with Gasteiger partial charge in [-0.2, -0.15) is 0 Å². The first-order valence-electron chi connectivity index (χ1n) is 39.7. The Morgan fingerprint density at radius 3 is 1.73 bits per heavy atom. The monoisotopic (exact) mass is 1740 g/mol. The number of esters is 1. The van der Waals surface area contributed by atoms with Gasteiger partial charge in [0.1, 0.15) is 93.6 Å². The van der Waals surface area contributed by atoms with E-state index in [1.807, 2.05) is 65.4 Å². The number of aromatic nitrogens is 9. The van der Waals surface area contributed by atoms with Gasteiger partial charge >= 0.3 is 18.2 Å². The van der Waals surface area contributed by atoms with Crippen molar-refractivity contribution in [2.45, 2.75) is 201 Å². The number of aliphatic imine (C=N–C) groups is 1. The molecule has 10 aromatic rings. The first-order valence-corrected chi connectivity index (χ1v) is 52.6. The van der Waals surface area contributed by atoms with Gasteiger partial charge in [0, 0.05) is 47.9 Å². The zero-order valence-electron chi connectivity index (χ0n) is 71.1. The lowest BCUT2D eigenvalue weighted by molar-refractivity contribution is -0.147. The number of alkyl carbamates (subject to hydrolysis) is 1. The lowest BCUT2D eigenvalue weighted by Gasteiger charge is -2.27. The average Bonchev–Trinajstić information content (AvgIpc) is 1.64. The number of guanidine groups is 1. The molecule has 0 saturated carbocycles. The van der Waals surface area contributed by atoms with Gasteiger partial charge in [0.25, 0.3) is 11.8 Å². The number of oxazole rings is 7. The first kappa shape index (κ1) is 91.4. The number of nitrogens with zero attached hydrogens (tertiary/aromatic N) is 11. The van der Waals surface area contributed by atoms with Gasteiger partial charge in [-0.15, -0.1) is 27.7 Å². The summed E-state index contributed by atoms with van der Waals surface area (Å²) in [5.74, 6) is -2.76. The molecule has 40 heteroatoms. The number of rotatable bonds is 39. The second kappa shape index (κ2) is 40.4. The van der Waals surface area contributed by atoms with E-state index in [-0.39, 0.29) is 125 Å². The minimum absolute atomic E-state index is 0.00106. The van der Waals surface area contributed by atoms with E-state index in [2.05, 4.69) is 121 Å². The highest BCUT2D eigenvalue weighted by Gasteiger charge is 2.37. The largest absolute Gasteiger partial charge is 0.464 e. The van der Waals surface area contributed by atoms with Crippen LogP contribution in [0.15, 0.2) is 102 Å². The van der Waals surface area contributed by atoms with Crippen LogP contribution in [-0.4, -0.2) is 192 Å². The van der Waals surface area contributed by atoms with Crippen LogP contribution in [0.4, 0.5) is 9.59 Å². The van der Waals surface area contributed by atoms with Crippen LogP contribution in [0.3, 0.4) is 0 Å². The molecule has 9 heterocycles. The Kier molecular flexibility index (Phi) is 30.8. The fourth-order valence-corrected chi connectivity index (χ4v) is 15.8. The molecule has 9 aromatic heterocycles. The van der Waals surface area contributed by atoms with Crippen molar-refractivity contribution in [2.75, 3.05) is 40.5 Å². The molecule has 0 spiro atoms. The van der Waals surface area contributed by atoms with Gasteiger partial charge in [-0.05, 0) is 90.2 Å². The molecule has 35 nitrogen and oxygen atoms in total. The van der Waals surface area contributed by atoms with Crippen LogP contribution in [-0.2, 0) is 35.0 Å². The number of aryl methyl sites for hydroxylation is 3. The molecule has 0 radical (unpaired) electrons. The Hall–Kier alpha value is -10.9. The van der Waals surface area contributed by atoms with Gasteiger partial charge in [0.2, 0.25) is 59.0 Å². The molecule has 644 valence electrons. The number of nitrogens with one attached hydrogen (secondary N) is 6. The second-order valence-electron chi connectivity index (χ2n) is 33.2. The van der Waals surface area contributed by atoms with Gasteiger partial charge in [0.15, 0.2) is 34.2 Å². The molecule has 0 aliphatic carbocycles. The summed E-state index contributed by atoms with van der Waals surface area (Å²) in [5.41, 5.74) is 2.44. The Morgan fingerprint density at radius 1 is 0.558 bits per heavy atom. The highest BCUT2D eigenvalue weighted by molar-refractivity contribution is 7.13. The first-order chi connectivity index (χ1) is 56.8. The van der Waals surface area contributed by atoms with Crippen LogP contribution in [0.5, 0.6) is 0 Å². The highest BCUT2D eigenvalue weighted by Crippen LogP contribution is 2.38. The molecule has 120 heavy (non-hydrogen) atoms. The Bertz CT molecular complexity index is 5190. The third kappa shape index (κ3) is 25.1. The van der Waals surface area contributed by atoms with E-state index in [4.69, 9.17) is 70.1 Å². The van der Waals surface area contributed by atoms with Crippen molar-refractivity contribution in [1.82, 2.24) is 81.7 Å². The third-order valence-electron chi connectivity index (χ3n) is 19.4. The smallest absolute Gasteiger partial charge is 0.436 e. The van der Waals surface area contributed by atoms with Crippen molar-refractivity contribution >= 4 is 94.6 Å². The number of carbonyl (C=O) groups excluding carboxylic acids is 7. The number of amides is 6. The highest BCUT2D eigenvalue weighted by atomic mass is 32.1. The summed E-state index contributed by atoms with van der Waals surface area (Å²) in [5, 5.41) is 32.6. The van der Waals surface area contributed by atoms with E-state index < -0.39 is 96.3 Å². The van der Waals surface area contributed by atoms with E-state index in [9.17, 15) is 38.7 Å². The van der Waals surface area contributed by atoms with E-state index in [0.29, 0.717) is 71.7 Å². The molecule has 0 unspecified atom stereocenters.